The lowest BCUT2D eigenvalue weighted by molar-refractivity contribution is 0.178. The van der Waals surface area contributed by atoms with Crippen molar-refractivity contribution in [2.75, 3.05) is 13.2 Å². The lowest BCUT2D eigenvalue weighted by Crippen LogP contribution is -2.46. The van der Waals surface area contributed by atoms with Gasteiger partial charge in [-0.3, -0.25) is 0 Å². The van der Waals surface area contributed by atoms with Crippen LogP contribution in [0.4, 0.5) is 0 Å². The molecule has 1 aromatic rings. The molecular weight excluding hydrogens is 290 g/mol. The summed E-state index contributed by atoms with van der Waals surface area (Å²) in [5, 5.41) is 9.25. The van der Waals surface area contributed by atoms with Crippen molar-refractivity contribution in [2.24, 2.45) is 0 Å². The predicted molar refractivity (Wildman–Crippen MR) is 71.5 cm³/mol. The van der Waals surface area contributed by atoms with Gasteiger partial charge in [0.15, 0.2) is 0 Å². The minimum atomic E-state index is -3.65. The van der Waals surface area contributed by atoms with Crippen molar-refractivity contribution in [3.63, 3.8) is 0 Å². The van der Waals surface area contributed by atoms with Gasteiger partial charge in [-0.2, -0.15) is 0 Å². The molecule has 0 radical (unpaired) electrons. The number of aliphatic hydroxyl groups excluding tert-OH is 1. The van der Waals surface area contributed by atoms with E-state index in [0.717, 1.165) is 0 Å². The van der Waals surface area contributed by atoms with Crippen molar-refractivity contribution in [1.29, 1.82) is 0 Å². The summed E-state index contributed by atoms with van der Waals surface area (Å²) in [5.41, 5.74) is -0.0861. The molecule has 1 aliphatic heterocycles. The van der Waals surface area contributed by atoms with E-state index in [9.17, 15) is 8.42 Å². The molecule has 0 saturated carbocycles. The Bertz CT molecular complexity index is 567. The van der Waals surface area contributed by atoms with E-state index in [1.165, 1.54) is 18.2 Å². The third-order valence-electron chi connectivity index (χ3n) is 3.10. The SMILES string of the molecule is CC1(NS(=O)(=O)c2ccc(CO)c(Cl)c2)CCOC1. The third kappa shape index (κ3) is 3.27. The number of benzene rings is 1. The van der Waals surface area contributed by atoms with Gasteiger partial charge in [0.2, 0.25) is 10.0 Å². The van der Waals surface area contributed by atoms with Crippen molar-refractivity contribution in [3.05, 3.63) is 28.8 Å². The quantitative estimate of drug-likeness (QED) is 0.879. The fourth-order valence-corrected chi connectivity index (χ4v) is 3.71. The molecule has 1 unspecified atom stereocenters. The van der Waals surface area contributed by atoms with E-state index >= 15 is 0 Å². The molecule has 1 saturated heterocycles. The van der Waals surface area contributed by atoms with Crippen LogP contribution in [-0.4, -0.2) is 32.3 Å². The number of rotatable bonds is 4. The van der Waals surface area contributed by atoms with Crippen molar-refractivity contribution < 1.29 is 18.3 Å². The molecule has 1 aliphatic rings. The Labute approximate surface area is 117 Å². The summed E-state index contributed by atoms with van der Waals surface area (Å²) in [6.07, 6.45) is 0.634. The second-order valence-corrected chi connectivity index (χ2v) is 6.97. The van der Waals surface area contributed by atoms with Gasteiger partial charge in [0.05, 0.1) is 23.6 Å². The third-order valence-corrected chi connectivity index (χ3v) is 5.09. The highest BCUT2D eigenvalue weighted by Crippen LogP contribution is 2.24. The van der Waals surface area contributed by atoms with E-state index in [-0.39, 0.29) is 16.5 Å². The van der Waals surface area contributed by atoms with Crippen LogP contribution in [-0.2, 0) is 21.4 Å². The standard InChI is InChI=1S/C12H16ClNO4S/c1-12(4-5-18-8-12)14-19(16,17)10-3-2-9(7-15)11(13)6-10/h2-3,6,14-15H,4-5,7-8H2,1H3. The van der Waals surface area contributed by atoms with Crippen LogP contribution in [0.3, 0.4) is 0 Å². The molecule has 19 heavy (non-hydrogen) atoms. The molecular formula is C12H16ClNO4S. The first-order chi connectivity index (χ1) is 8.86. The number of ether oxygens (including phenoxy) is 1. The number of halogens is 1. The molecule has 2 rings (SSSR count). The monoisotopic (exact) mass is 305 g/mol. The fourth-order valence-electron chi connectivity index (χ4n) is 1.95. The number of hydrogen-bond acceptors (Lipinski definition) is 4. The van der Waals surface area contributed by atoms with Crippen molar-refractivity contribution >= 4 is 21.6 Å². The molecule has 2 N–H and O–H groups in total. The van der Waals surface area contributed by atoms with Crippen LogP contribution < -0.4 is 4.72 Å². The first kappa shape index (κ1) is 14.7. The molecule has 106 valence electrons. The number of nitrogens with one attached hydrogen (secondary N) is 1. The van der Waals surface area contributed by atoms with Crippen LogP contribution in [0.2, 0.25) is 5.02 Å². The van der Waals surface area contributed by atoms with Crippen molar-refractivity contribution in [1.82, 2.24) is 4.72 Å². The summed E-state index contributed by atoms with van der Waals surface area (Å²) < 4.78 is 32.4. The van der Waals surface area contributed by atoms with Gasteiger partial charge in [-0.1, -0.05) is 17.7 Å². The second kappa shape index (κ2) is 5.38. The zero-order valence-corrected chi connectivity index (χ0v) is 12.1. The predicted octanol–water partition coefficient (Wildman–Crippen LogP) is 1.29. The van der Waals surface area contributed by atoms with E-state index in [1.54, 1.807) is 6.92 Å². The average Bonchev–Trinajstić information content (AvgIpc) is 2.74. The largest absolute Gasteiger partial charge is 0.392 e. The average molecular weight is 306 g/mol. The molecule has 1 aromatic carbocycles. The number of sulfonamides is 1. The first-order valence-electron chi connectivity index (χ1n) is 5.87. The van der Waals surface area contributed by atoms with E-state index in [4.69, 9.17) is 21.4 Å². The highest BCUT2D eigenvalue weighted by Gasteiger charge is 2.34. The van der Waals surface area contributed by atoms with Crippen LogP contribution >= 0.6 is 11.6 Å². The Hall–Kier alpha value is -0.660. The molecule has 1 atom stereocenters. The van der Waals surface area contributed by atoms with Gasteiger partial charge >= 0.3 is 0 Å². The topological polar surface area (TPSA) is 75.6 Å². The van der Waals surface area contributed by atoms with Crippen LogP contribution in [0.1, 0.15) is 18.9 Å². The fraction of sp³-hybridized carbons (Fsp3) is 0.500. The maximum atomic E-state index is 12.3. The lowest BCUT2D eigenvalue weighted by Gasteiger charge is -2.23. The van der Waals surface area contributed by atoms with Crippen LogP contribution in [0.25, 0.3) is 0 Å². The maximum Gasteiger partial charge on any atom is 0.241 e. The van der Waals surface area contributed by atoms with Crippen LogP contribution in [0, 0.1) is 0 Å². The van der Waals surface area contributed by atoms with Crippen LogP contribution in [0.5, 0.6) is 0 Å². The molecule has 0 bridgehead atoms. The van der Waals surface area contributed by atoms with Crippen molar-refractivity contribution in [3.8, 4) is 0 Å². The molecule has 7 heteroatoms. The Morgan fingerprint density at radius 1 is 1.53 bits per heavy atom. The van der Waals surface area contributed by atoms with Crippen LogP contribution in [0.15, 0.2) is 23.1 Å². The van der Waals surface area contributed by atoms with Crippen molar-refractivity contribution in [2.45, 2.75) is 30.4 Å². The van der Waals surface area contributed by atoms with Gasteiger partial charge in [-0.15, -0.1) is 0 Å². The molecule has 1 heterocycles. The normalized spacial score (nSPS) is 23.7. The van der Waals surface area contributed by atoms with Gasteiger partial charge in [0.1, 0.15) is 0 Å². The second-order valence-electron chi connectivity index (χ2n) is 4.88. The van der Waals surface area contributed by atoms with E-state index < -0.39 is 15.6 Å². The summed E-state index contributed by atoms with van der Waals surface area (Å²) >= 11 is 5.91. The maximum absolute atomic E-state index is 12.3. The summed E-state index contributed by atoms with van der Waals surface area (Å²) in [4.78, 5) is 0.0859. The zero-order chi connectivity index (χ0) is 14.1. The molecule has 0 spiro atoms. The summed E-state index contributed by atoms with van der Waals surface area (Å²) in [6.45, 7) is 2.48. The summed E-state index contributed by atoms with van der Waals surface area (Å²) in [7, 11) is -3.65. The molecule has 1 fully saturated rings. The first-order valence-corrected chi connectivity index (χ1v) is 7.73. The Kier molecular flexibility index (Phi) is 4.17. The molecule has 0 amide bonds. The smallest absolute Gasteiger partial charge is 0.241 e. The number of aliphatic hydroxyl groups is 1. The minimum Gasteiger partial charge on any atom is -0.392 e. The van der Waals surface area contributed by atoms with Gasteiger partial charge in [-0.25, -0.2) is 13.1 Å². The Morgan fingerprint density at radius 2 is 2.26 bits per heavy atom. The Balaban J connectivity index is 2.27. The van der Waals surface area contributed by atoms with E-state index in [2.05, 4.69) is 4.72 Å². The van der Waals surface area contributed by atoms with Gasteiger partial charge in [0, 0.05) is 11.6 Å². The minimum absolute atomic E-state index is 0.0859. The highest BCUT2D eigenvalue weighted by molar-refractivity contribution is 7.89. The Morgan fingerprint density at radius 3 is 2.79 bits per heavy atom. The molecule has 5 nitrogen and oxygen atoms in total. The zero-order valence-electron chi connectivity index (χ0n) is 10.5. The van der Waals surface area contributed by atoms with E-state index in [0.29, 0.717) is 25.2 Å². The number of hydrogen-bond donors (Lipinski definition) is 2. The highest BCUT2D eigenvalue weighted by atomic mass is 35.5. The summed E-state index contributed by atoms with van der Waals surface area (Å²) in [6, 6.07) is 4.28. The lowest BCUT2D eigenvalue weighted by atomic mass is 10.0. The molecule has 0 aliphatic carbocycles. The van der Waals surface area contributed by atoms with Gasteiger partial charge in [-0.05, 0) is 31.0 Å². The van der Waals surface area contributed by atoms with E-state index in [1.807, 2.05) is 0 Å². The van der Waals surface area contributed by atoms with Gasteiger partial charge < -0.3 is 9.84 Å². The summed E-state index contributed by atoms with van der Waals surface area (Å²) in [5.74, 6) is 0. The van der Waals surface area contributed by atoms with Gasteiger partial charge in [0.25, 0.3) is 0 Å². The molecule has 0 aromatic heterocycles.